The number of ether oxygens (including phenoxy) is 2. The Labute approximate surface area is 231 Å². The Balaban J connectivity index is 1.35. The normalized spacial score (nSPS) is 17.3. The van der Waals surface area contributed by atoms with Crippen molar-refractivity contribution in [3.05, 3.63) is 87.6 Å². The third-order valence-corrected chi connectivity index (χ3v) is 8.66. The van der Waals surface area contributed by atoms with Gasteiger partial charge in [-0.1, -0.05) is 30.3 Å². The van der Waals surface area contributed by atoms with Crippen LogP contribution in [0.5, 0.6) is 11.6 Å². The topological polar surface area (TPSA) is 61.2 Å². The number of benzene rings is 2. The van der Waals surface area contributed by atoms with Crippen molar-refractivity contribution in [3.8, 4) is 28.7 Å². The summed E-state index contributed by atoms with van der Waals surface area (Å²) in [6.45, 7) is 10.7. The van der Waals surface area contributed by atoms with Gasteiger partial charge in [-0.2, -0.15) is 9.78 Å². The van der Waals surface area contributed by atoms with Crippen molar-refractivity contribution < 1.29 is 9.47 Å². The fourth-order valence-corrected chi connectivity index (χ4v) is 6.36. The maximum Gasteiger partial charge on any atom is 0.220 e. The first-order valence-corrected chi connectivity index (χ1v) is 14.1. The summed E-state index contributed by atoms with van der Waals surface area (Å²) in [4.78, 5) is 5.11. The van der Waals surface area contributed by atoms with E-state index in [0.717, 1.165) is 59.9 Å². The van der Waals surface area contributed by atoms with Crippen LogP contribution >= 0.6 is 0 Å². The Morgan fingerprint density at radius 3 is 2.51 bits per heavy atom. The summed E-state index contributed by atoms with van der Waals surface area (Å²) >= 11 is 0. The molecule has 3 heterocycles. The summed E-state index contributed by atoms with van der Waals surface area (Å²) in [6.07, 6.45) is 6.18. The molecule has 1 aliphatic heterocycles. The first-order chi connectivity index (χ1) is 19.0. The average Bonchev–Trinajstić information content (AvgIpc) is 3.55. The minimum absolute atomic E-state index is 0.00734. The van der Waals surface area contributed by atoms with E-state index in [0.29, 0.717) is 11.8 Å². The molecule has 2 aromatic carbocycles. The first-order valence-electron chi connectivity index (χ1n) is 14.1. The first kappa shape index (κ1) is 25.6. The van der Waals surface area contributed by atoms with Crippen LogP contribution in [-0.2, 0) is 6.42 Å². The lowest BCUT2D eigenvalue weighted by Gasteiger charge is -2.26. The minimum Gasteiger partial charge on any atom is -0.485 e. The van der Waals surface area contributed by atoms with Gasteiger partial charge >= 0.3 is 0 Å². The molecule has 1 N–H and O–H groups in total. The number of hydrogen-bond donors (Lipinski definition) is 1. The van der Waals surface area contributed by atoms with E-state index in [1.165, 1.54) is 40.7 Å². The van der Waals surface area contributed by atoms with E-state index in [2.05, 4.69) is 73.7 Å². The van der Waals surface area contributed by atoms with Gasteiger partial charge in [0.15, 0.2) is 5.82 Å². The number of fused-ring (bicyclic) bond motifs is 1. The quantitative estimate of drug-likeness (QED) is 0.305. The fraction of sp³-hybridized carbons (Fsp3) is 0.394. The lowest BCUT2D eigenvalue weighted by Crippen LogP contribution is -2.27. The van der Waals surface area contributed by atoms with Crippen LogP contribution in [0.15, 0.2) is 48.7 Å². The van der Waals surface area contributed by atoms with Crippen LogP contribution in [0.25, 0.3) is 17.1 Å². The third-order valence-electron chi connectivity index (χ3n) is 8.66. The highest BCUT2D eigenvalue weighted by Gasteiger charge is 2.29. The fourth-order valence-electron chi connectivity index (χ4n) is 6.36. The third kappa shape index (κ3) is 4.61. The predicted octanol–water partition coefficient (Wildman–Crippen LogP) is 6.71. The second-order valence-corrected chi connectivity index (χ2v) is 11.0. The molecule has 0 saturated carbocycles. The molecule has 6 rings (SSSR count). The van der Waals surface area contributed by atoms with Gasteiger partial charge in [-0.25, -0.2) is 4.98 Å². The van der Waals surface area contributed by atoms with Crippen molar-refractivity contribution in [2.75, 3.05) is 20.2 Å². The van der Waals surface area contributed by atoms with E-state index in [1.807, 2.05) is 13.1 Å². The molecule has 0 spiro atoms. The van der Waals surface area contributed by atoms with Gasteiger partial charge in [0.2, 0.25) is 5.88 Å². The van der Waals surface area contributed by atoms with Gasteiger partial charge < -0.3 is 14.8 Å². The van der Waals surface area contributed by atoms with E-state index >= 15 is 0 Å². The number of aromatic nitrogens is 3. The molecule has 0 bridgehead atoms. The molecule has 1 unspecified atom stereocenters. The molecule has 1 saturated heterocycles. The Morgan fingerprint density at radius 1 is 0.897 bits per heavy atom. The minimum atomic E-state index is -0.00734. The number of aryl methyl sites for hydroxylation is 3. The second kappa shape index (κ2) is 10.5. The van der Waals surface area contributed by atoms with Gasteiger partial charge in [0.25, 0.3) is 0 Å². The molecule has 0 amide bonds. The molecule has 202 valence electrons. The van der Waals surface area contributed by atoms with Crippen LogP contribution in [0.1, 0.15) is 70.2 Å². The monoisotopic (exact) mass is 522 g/mol. The maximum absolute atomic E-state index is 6.82. The Kier molecular flexibility index (Phi) is 6.90. The van der Waals surface area contributed by atoms with Gasteiger partial charge in [-0.05, 0) is 112 Å². The summed E-state index contributed by atoms with van der Waals surface area (Å²) in [5.41, 5.74) is 10.8. The molecule has 0 radical (unpaired) electrons. The number of pyridine rings is 1. The number of hydrogen-bond acceptors (Lipinski definition) is 5. The molecule has 6 nitrogen and oxygen atoms in total. The van der Waals surface area contributed by atoms with Crippen molar-refractivity contribution in [3.63, 3.8) is 0 Å². The molecule has 1 atom stereocenters. The van der Waals surface area contributed by atoms with Gasteiger partial charge in [-0.3, -0.25) is 0 Å². The highest BCUT2D eigenvalue weighted by atomic mass is 16.5. The smallest absolute Gasteiger partial charge is 0.220 e. The standard InChI is InChI=1S/C33H38N4O2/c1-20-9-12-28(36-32(20)37-33(38-5)21(2)19-35-37)27-8-6-7-25-10-13-30(31(25)27)39-29-14-11-26(22(3)23(29)4)24-15-17-34-18-16-24/h6-9,11-12,14,19,24,30,34H,10,13,15-18H2,1-5H3. The van der Waals surface area contributed by atoms with E-state index < -0.39 is 0 Å². The molecule has 4 aromatic rings. The van der Waals surface area contributed by atoms with E-state index in [-0.39, 0.29) is 6.10 Å². The van der Waals surface area contributed by atoms with Gasteiger partial charge in [0, 0.05) is 16.7 Å². The summed E-state index contributed by atoms with van der Waals surface area (Å²) in [6, 6.07) is 15.3. The zero-order valence-electron chi connectivity index (χ0n) is 23.7. The summed E-state index contributed by atoms with van der Waals surface area (Å²) in [5, 5.41) is 8.04. The van der Waals surface area contributed by atoms with Crippen LogP contribution in [0.2, 0.25) is 0 Å². The molecule has 39 heavy (non-hydrogen) atoms. The zero-order valence-corrected chi connectivity index (χ0v) is 23.7. The van der Waals surface area contributed by atoms with Crippen molar-refractivity contribution in [1.29, 1.82) is 0 Å². The average molecular weight is 523 g/mol. The Hall–Kier alpha value is -3.64. The van der Waals surface area contributed by atoms with Crippen molar-refractivity contribution in [2.45, 2.75) is 65.4 Å². The molecule has 1 aliphatic carbocycles. The Bertz CT molecular complexity index is 1520. The molecule has 6 heteroatoms. The lowest BCUT2D eigenvalue weighted by molar-refractivity contribution is 0.206. The van der Waals surface area contributed by atoms with E-state index in [4.69, 9.17) is 14.5 Å². The maximum atomic E-state index is 6.82. The number of nitrogens with zero attached hydrogens (tertiary/aromatic N) is 3. The summed E-state index contributed by atoms with van der Waals surface area (Å²) in [5.74, 6) is 3.12. The van der Waals surface area contributed by atoms with Crippen LogP contribution in [0.3, 0.4) is 0 Å². The van der Waals surface area contributed by atoms with Crippen LogP contribution < -0.4 is 14.8 Å². The van der Waals surface area contributed by atoms with E-state index in [1.54, 1.807) is 11.8 Å². The predicted molar refractivity (Wildman–Crippen MR) is 155 cm³/mol. The molecule has 1 fully saturated rings. The van der Waals surface area contributed by atoms with Crippen LogP contribution in [-0.4, -0.2) is 35.0 Å². The number of rotatable bonds is 6. The molecular weight excluding hydrogens is 484 g/mol. The summed E-state index contributed by atoms with van der Waals surface area (Å²) < 4.78 is 14.2. The second-order valence-electron chi connectivity index (χ2n) is 11.0. The van der Waals surface area contributed by atoms with Crippen LogP contribution in [0, 0.1) is 27.7 Å². The summed E-state index contributed by atoms with van der Waals surface area (Å²) in [7, 11) is 1.67. The number of methoxy groups -OCH3 is 1. The highest BCUT2D eigenvalue weighted by Crippen LogP contribution is 2.43. The van der Waals surface area contributed by atoms with Crippen molar-refractivity contribution in [2.24, 2.45) is 0 Å². The highest BCUT2D eigenvalue weighted by molar-refractivity contribution is 5.68. The molecular formula is C33H38N4O2. The molecule has 2 aromatic heterocycles. The van der Waals surface area contributed by atoms with Gasteiger partial charge in [0.1, 0.15) is 11.9 Å². The van der Waals surface area contributed by atoms with Gasteiger partial charge in [-0.15, -0.1) is 0 Å². The zero-order chi connectivity index (χ0) is 27.1. The van der Waals surface area contributed by atoms with Crippen LogP contribution in [0.4, 0.5) is 0 Å². The Morgan fingerprint density at radius 2 is 1.72 bits per heavy atom. The largest absolute Gasteiger partial charge is 0.485 e. The SMILES string of the molecule is COc1c(C)cnn1-c1nc(-c2cccc3c2C(Oc2ccc(C4CCNCC4)c(C)c2C)CC3)ccc1C. The lowest BCUT2D eigenvalue weighted by atomic mass is 9.86. The van der Waals surface area contributed by atoms with Gasteiger partial charge in [0.05, 0.1) is 19.0 Å². The number of piperidine rings is 1. The molecule has 2 aliphatic rings. The van der Waals surface area contributed by atoms with Crippen molar-refractivity contribution in [1.82, 2.24) is 20.1 Å². The number of nitrogens with one attached hydrogen (secondary N) is 1. The van der Waals surface area contributed by atoms with E-state index in [9.17, 15) is 0 Å². The van der Waals surface area contributed by atoms with Crippen molar-refractivity contribution >= 4 is 0 Å².